The van der Waals surface area contributed by atoms with E-state index in [-0.39, 0.29) is 11.4 Å². The highest BCUT2D eigenvalue weighted by Crippen LogP contribution is 2.31. The van der Waals surface area contributed by atoms with Crippen LogP contribution in [0.1, 0.15) is 5.56 Å². The van der Waals surface area contributed by atoms with E-state index >= 15 is 0 Å². The SMILES string of the molecule is O=C(/C=C/c1ccccc1)N1CCN(c2nc3c(F)cc(F)cc3s2)CC1. The molecule has 0 spiro atoms. The van der Waals surface area contributed by atoms with Crippen molar-refractivity contribution in [2.45, 2.75) is 0 Å². The average Bonchev–Trinajstić information content (AvgIpc) is 3.11. The van der Waals surface area contributed by atoms with Gasteiger partial charge in [0.25, 0.3) is 0 Å². The number of hydrogen-bond acceptors (Lipinski definition) is 4. The molecule has 4 rings (SSSR count). The first-order valence-electron chi connectivity index (χ1n) is 8.63. The van der Waals surface area contributed by atoms with Crippen LogP contribution in [0.5, 0.6) is 0 Å². The molecule has 0 aliphatic carbocycles. The van der Waals surface area contributed by atoms with E-state index in [2.05, 4.69) is 4.98 Å². The third-order valence-corrected chi connectivity index (χ3v) is 5.54. The number of nitrogens with zero attached hydrogens (tertiary/aromatic N) is 3. The zero-order chi connectivity index (χ0) is 18.8. The third-order valence-electron chi connectivity index (χ3n) is 4.48. The third kappa shape index (κ3) is 3.83. The maximum atomic E-state index is 13.8. The lowest BCUT2D eigenvalue weighted by Gasteiger charge is -2.34. The zero-order valence-electron chi connectivity index (χ0n) is 14.4. The van der Waals surface area contributed by atoms with E-state index in [1.807, 2.05) is 35.2 Å². The van der Waals surface area contributed by atoms with Crippen LogP contribution in [0.2, 0.25) is 0 Å². The lowest BCUT2D eigenvalue weighted by Crippen LogP contribution is -2.48. The van der Waals surface area contributed by atoms with Gasteiger partial charge in [-0.2, -0.15) is 0 Å². The molecule has 1 aromatic heterocycles. The molecule has 27 heavy (non-hydrogen) atoms. The van der Waals surface area contributed by atoms with Crippen molar-refractivity contribution in [3.05, 3.63) is 65.7 Å². The van der Waals surface area contributed by atoms with Gasteiger partial charge in [-0.05, 0) is 17.7 Å². The molecule has 2 aromatic carbocycles. The van der Waals surface area contributed by atoms with Gasteiger partial charge in [0.05, 0.1) is 4.70 Å². The number of thiazole rings is 1. The number of aromatic nitrogens is 1. The number of amides is 1. The monoisotopic (exact) mass is 385 g/mol. The number of anilines is 1. The van der Waals surface area contributed by atoms with Crippen molar-refractivity contribution >= 4 is 38.7 Å². The highest BCUT2D eigenvalue weighted by molar-refractivity contribution is 7.22. The van der Waals surface area contributed by atoms with Gasteiger partial charge in [0.15, 0.2) is 10.9 Å². The quantitative estimate of drug-likeness (QED) is 0.641. The van der Waals surface area contributed by atoms with Crippen molar-refractivity contribution in [3.8, 4) is 0 Å². The molecule has 0 unspecified atom stereocenters. The van der Waals surface area contributed by atoms with Crippen molar-refractivity contribution in [2.75, 3.05) is 31.1 Å². The van der Waals surface area contributed by atoms with Crippen LogP contribution < -0.4 is 4.90 Å². The molecule has 3 aromatic rings. The lowest BCUT2D eigenvalue weighted by atomic mass is 10.2. The fourth-order valence-electron chi connectivity index (χ4n) is 3.04. The Labute approximate surface area is 159 Å². The highest BCUT2D eigenvalue weighted by atomic mass is 32.1. The van der Waals surface area contributed by atoms with Crippen molar-refractivity contribution in [1.82, 2.24) is 9.88 Å². The molecule has 0 atom stereocenters. The van der Waals surface area contributed by atoms with Crippen LogP contribution in [0.15, 0.2) is 48.5 Å². The predicted octanol–water partition coefficient (Wildman–Crippen LogP) is 3.94. The normalized spacial score (nSPS) is 15.0. The van der Waals surface area contributed by atoms with Crippen molar-refractivity contribution in [2.24, 2.45) is 0 Å². The topological polar surface area (TPSA) is 36.4 Å². The summed E-state index contributed by atoms with van der Waals surface area (Å²) in [6.07, 6.45) is 3.39. The Hall–Kier alpha value is -2.80. The van der Waals surface area contributed by atoms with Crippen LogP contribution in [0.4, 0.5) is 13.9 Å². The number of piperazine rings is 1. The molecule has 138 valence electrons. The fourth-order valence-corrected chi connectivity index (χ4v) is 4.09. The molecule has 1 aliphatic rings. The summed E-state index contributed by atoms with van der Waals surface area (Å²) in [6, 6.07) is 11.8. The van der Waals surface area contributed by atoms with Gasteiger partial charge in [0.1, 0.15) is 11.3 Å². The maximum absolute atomic E-state index is 13.8. The van der Waals surface area contributed by atoms with Crippen LogP contribution in [0.25, 0.3) is 16.3 Å². The Morgan fingerprint density at radius 2 is 1.81 bits per heavy atom. The Morgan fingerprint density at radius 3 is 2.56 bits per heavy atom. The summed E-state index contributed by atoms with van der Waals surface area (Å²) in [7, 11) is 0. The van der Waals surface area contributed by atoms with E-state index in [1.165, 1.54) is 17.4 Å². The summed E-state index contributed by atoms with van der Waals surface area (Å²) >= 11 is 1.27. The lowest BCUT2D eigenvalue weighted by molar-refractivity contribution is -0.126. The first-order valence-corrected chi connectivity index (χ1v) is 9.44. The fraction of sp³-hybridized carbons (Fsp3) is 0.200. The summed E-state index contributed by atoms with van der Waals surface area (Å²) in [6.45, 7) is 2.33. The highest BCUT2D eigenvalue weighted by Gasteiger charge is 2.22. The number of carbonyl (C=O) groups excluding carboxylic acids is 1. The second-order valence-corrected chi connectivity index (χ2v) is 7.30. The molecule has 7 heteroatoms. The van der Waals surface area contributed by atoms with Gasteiger partial charge in [-0.25, -0.2) is 13.8 Å². The minimum Gasteiger partial charge on any atom is -0.345 e. The molecule has 0 N–H and O–H groups in total. The molecule has 0 saturated carbocycles. The molecule has 1 saturated heterocycles. The Morgan fingerprint density at radius 1 is 1.07 bits per heavy atom. The van der Waals surface area contributed by atoms with E-state index in [4.69, 9.17) is 0 Å². The van der Waals surface area contributed by atoms with Crippen LogP contribution in [-0.4, -0.2) is 42.0 Å². The minimum absolute atomic E-state index is 0.0316. The largest absolute Gasteiger partial charge is 0.345 e. The molecule has 4 nitrogen and oxygen atoms in total. The number of rotatable bonds is 3. The van der Waals surface area contributed by atoms with Crippen LogP contribution in [0.3, 0.4) is 0 Å². The maximum Gasteiger partial charge on any atom is 0.246 e. The van der Waals surface area contributed by atoms with Crippen LogP contribution in [0, 0.1) is 11.6 Å². The van der Waals surface area contributed by atoms with Gasteiger partial charge >= 0.3 is 0 Å². The van der Waals surface area contributed by atoms with E-state index in [1.54, 1.807) is 17.1 Å². The van der Waals surface area contributed by atoms with E-state index in [0.29, 0.717) is 36.0 Å². The molecule has 1 fully saturated rings. The van der Waals surface area contributed by atoms with E-state index in [0.717, 1.165) is 11.6 Å². The number of fused-ring (bicyclic) bond motifs is 1. The second-order valence-electron chi connectivity index (χ2n) is 6.29. The van der Waals surface area contributed by atoms with Crippen molar-refractivity contribution in [3.63, 3.8) is 0 Å². The number of hydrogen-bond donors (Lipinski definition) is 0. The van der Waals surface area contributed by atoms with Crippen LogP contribution in [-0.2, 0) is 4.79 Å². The van der Waals surface area contributed by atoms with Crippen molar-refractivity contribution in [1.29, 1.82) is 0 Å². The molecule has 2 heterocycles. The summed E-state index contributed by atoms with van der Waals surface area (Å²) in [5.74, 6) is -1.28. The molecular weight excluding hydrogens is 368 g/mol. The van der Waals surface area contributed by atoms with E-state index in [9.17, 15) is 13.6 Å². The molecule has 1 aliphatic heterocycles. The molecule has 1 amide bonds. The average molecular weight is 385 g/mol. The Kier molecular flexibility index (Phi) is 4.85. The van der Waals surface area contributed by atoms with Gasteiger partial charge in [0.2, 0.25) is 5.91 Å². The summed E-state index contributed by atoms with van der Waals surface area (Å²) in [4.78, 5) is 20.5. The number of benzene rings is 2. The molecule has 0 radical (unpaired) electrons. The van der Waals surface area contributed by atoms with Crippen molar-refractivity contribution < 1.29 is 13.6 Å². The van der Waals surface area contributed by atoms with Gasteiger partial charge in [-0.3, -0.25) is 4.79 Å². The first-order chi connectivity index (χ1) is 13.1. The summed E-state index contributed by atoms with van der Waals surface area (Å²) in [5.41, 5.74) is 1.17. The first kappa shape index (κ1) is 17.6. The Bertz CT molecular complexity index is 995. The number of carbonyl (C=O) groups is 1. The second kappa shape index (κ2) is 7.44. The van der Waals surface area contributed by atoms with E-state index < -0.39 is 11.6 Å². The standard InChI is InChI=1S/C20H17F2N3OS/c21-15-12-16(22)19-17(13-15)27-20(23-19)25-10-8-24(9-11-25)18(26)7-6-14-4-2-1-3-5-14/h1-7,12-13H,8-11H2/b7-6+. The number of halogens is 2. The summed E-state index contributed by atoms with van der Waals surface area (Å²) in [5, 5.41) is 0.654. The van der Waals surface area contributed by atoms with Gasteiger partial charge < -0.3 is 9.80 Å². The minimum atomic E-state index is -0.646. The predicted molar refractivity (Wildman–Crippen MR) is 104 cm³/mol. The molecular formula is C20H17F2N3OS. The smallest absolute Gasteiger partial charge is 0.246 e. The molecule has 0 bridgehead atoms. The summed E-state index contributed by atoms with van der Waals surface area (Å²) < 4.78 is 27.7. The van der Waals surface area contributed by atoms with Gasteiger partial charge in [0, 0.05) is 38.3 Å². The van der Waals surface area contributed by atoms with Gasteiger partial charge in [-0.15, -0.1) is 0 Å². The Balaban J connectivity index is 1.41. The van der Waals surface area contributed by atoms with Crippen LogP contribution >= 0.6 is 11.3 Å². The zero-order valence-corrected chi connectivity index (χ0v) is 15.3. The van der Waals surface area contributed by atoms with Gasteiger partial charge in [-0.1, -0.05) is 41.7 Å².